The molecule has 1 N–H and O–H groups in total. The van der Waals surface area contributed by atoms with Gasteiger partial charge in [0.2, 0.25) is 11.7 Å². The van der Waals surface area contributed by atoms with E-state index in [0.29, 0.717) is 0 Å². The molecule has 0 aliphatic heterocycles. The van der Waals surface area contributed by atoms with Gasteiger partial charge < -0.3 is 19.7 Å². The van der Waals surface area contributed by atoms with E-state index in [0.717, 1.165) is 31.2 Å². The number of carbonyl (C=O) groups excluding carboxylic acids is 2. The first-order valence-electron chi connectivity index (χ1n) is 11.5. The normalized spacial score (nSPS) is 14.6. The van der Waals surface area contributed by atoms with Gasteiger partial charge >= 0.3 is 5.69 Å². The molecule has 2 aromatic rings. The molecule has 1 fully saturated rings. The van der Waals surface area contributed by atoms with Crippen LogP contribution in [0.3, 0.4) is 0 Å². The van der Waals surface area contributed by atoms with Crippen LogP contribution in [0.25, 0.3) is 0 Å². The van der Waals surface area contributed by atoms with Crippen molar-refractivity contribution in [1.82, 2.24) is 10.2 Å². The van der Waals surface area contributed by atoms with E-state index in [1.54, 1.807) is 6.92 Å². The molecule has 1 aliphatic rings. The topological polar surface area (TPSA) is 111 Å². The molecule has 1 aliphatic carbocycles. The predicted molar refractivity (Wildman–Crippen MR) is 127 cm³/mol. The number of nitro groups is 1. The summed E-state index contributed by atoms with van der Waals surface area (Å²) in [4.78, 5) is 38.2. The molecule has 0 heterocycles. The maximum atomic E-state index is 13.2. The smallest absolute Gasteiger partial charge is 0.311 e. The summed E-state index contributed by atoms with van der Waals surface area (Å²) in [6.07, 6.45) is 5.29. The highest BCUT2D eigenvalue weighted by molar-refractivity contribution is 5.88. The summed E-state index contributed by atoms with van der Waals surface area (Å²) < 4.78 is 10.7. The van der Waals surface area contributed by atoms with E-state index in [-0.39, 0.29) is 48.2 Å². The fourth-order valence-electron chi connectivity index (χ4n) is 4.06. The minimum absolute atomic E-state index is 0.0383. The van der Waals surface area contributed by atoms with Crippen LogP contribution < -0.4 is 14.8 Å². The maximum absolute atomic E-state index is 13.2. The zero-order valence-corrected chi connectivity index (χ0v) is 19.6. The Morgan fingerprint density at radius 2 is 1.85 bits per heavy atom. The van der Waals surface area contributed by atoms with Crippen LogP contribution in [-0.4, -0.2) is 47.4 Å². The number of rotatable bonds is 10. The van der Waals surface area contributed by atoms with Crippen LogP contribution in [-0.2, 0) is 16.1 Å². The molecule has 0 aromatic heterocycles. The van der Waals surface area contributed by atoms with Gasteiger partial charge in [-0.1, -0.05) is 49.6 Å². The van der Waals surface area contributed by atoms with Crippen molar-refractivity contribution in [2.24, 2.45) is 0 Å². The Morgan fingerprint density at radius 3 is 2.50 bits per heavy atom. The summed E-state index contributed by atoms with van der Waals surface area (Å²) in [6.45, 7) is 1.65. The number of amides is 2. The number of ether oxygens (including phenoxy) is 2. The Morgan fingerprint density at radius 1 is 1.15 bits per heavy atom. The summed E-state index contributed by atoms with van der Waals surface area (Å²) >= 11 is 0. The Hall–Kier alpha value is -3.62. The summed E-state index contributed by atoms with van der Waals surface area (Å²) in [5, 5.41) is 14.2. The molecule has 2 amide bonds. The first kappa shape index (κ1) is 25.0. The van der Waals surface area contributed by atoms with Crippen molar-refractivity contribution >= 4 is 17.5 Å². The van der Waals surface area contributed by atoms with Crippen LogP contribution in [0.2, 0.25) is 0 Å². The van der Waals surface area contributed by atoms with Crippen molar-refractivity contribution in [2.45, 2.75) is 57.7 Å². The molecule has 0 bridgehead atoms. The van der Waals surface area contributed by atoms with Crippen molar-refractivity contribution in [3.8, 4) is 11.5 Å². The molecule has 34 heavy (non-hydrogen) atoms. The molecule has 3 rings (SSSR count). The zero-order chi connectivity index (χ0) is 24.5. The van der Waals surface area contributed by atoms with Gasteiger partial charge in [-0.15, -0.1) is 0 Å². The second kappa shape index (κ2) is 12.0. The molecule has 2 aromatic carbocycles. The SMILES string of the molecule is COc1cc(OCC(=O)N(Cc2ccccc2)[C@@H](C)C(=O)NC2CCCCC2)ccc1[N+](=O)[O-]. The van der Waals surface area contributed by atoms with Crippen LogP contribution in [0.5, 0.6) is 11.5 Å². The highest BCUT2D eigenvalue weighted by Crippen LogP contribution is 2.30. The van der Waals surface area contributed by atoms with Gasteiger partial charge in [0.25, 0.3) is 5.91 Å². The van der Waals surface area contributed by atoms with Gasteiger partial charge in [0.05, 0.1) is 12.0 Å². The molecule has 0 radical (unpaired) electrons. The number of hydrogen-bond acceptors (Lipinski definition) is 6. The van der Waals surface area contributed by atoms with Crippen LogP contribution >= 0.6 is 0 Å². The third-order valence-corrected chi connectivity index (χ3v) is 6.02. The maximum Gasteiger partial charge on any atom is 0.311 e. The lowest BCUT2D eigenvalue weighted by Gasteiger charge is -2.31. The molecule has 1 saturated carbocycles. The second-order valence-electron chi connectivity index (χ2n) is 8.41. The fraction of sp³-hybridized carbons (Fsp3) is 0.440. The largest absolute Gasteiger partial charge is 0.490 e. The van der Waals surface area contributed by atoms with E-state index in [1.807, 2.05) is 30.3 Å². The monoisotopic (exact) mass is 469 g/mol. The average Bonchev–Trinajstić information content (AvgIpc) is 2.86. The second-order valence-corrected chi connectivity index (χ2v) is 8.41. The number of nitro benzene ring substituents is 1. The van der Waals surface area contributed by atoms with Gasteiger partial charge in [-0.25, -0.2) is 0 Å². The number of nitrogens with one attached hydrogen (secondary N) is 1. The van der Waals surface area contributed by atoms with Gasteiger partial charge in [-0.2, -0.15) is 0 Å². The van der Waals surface area contributed by atoms with Crippen LogP contribution in [0.15, 0.2) is 48.5 Å². The third kappa shape index (κ3) is 6.69. The molecule has 9 heteroatoms. The summed E-state index contributed by atoms with van der Waals surface area (Å²) in [5.74, 6) is -0.258. The number of carbonyl (C=O) groups is 2. The lowest BCUT2D eigenvalue weighted by atomic mass is 9.95. The molecule has 0 unspecified atom stereocenters. The number of benzene rings is 2. The highest BCUT2D eigenvalue weighted by Gasteiger charge is 2.28. The van der Waals surface area contributed by atoms with Crippen LogP contribution in [0, 0.1) is 10.1 Å². The molecule has 182 valence electrons. The first-order chi connectivity index (χ1) is 16.4. The Kier molecular flexibility index (Phi) is 8.84. The van der Waals surface area contributed by atoms with Gasteiger partial charge in [0.1, 0.15) is 11.8 Å². The van der Waals surface area contributed by atoms with E-state index in [1.165, 1.54) is 36.6 Å². The van der Waals surface area contributed by atoms with Gasteiger partial charge in [0.15, 0.2) is 6.61 Å². The fourth-order valence-corrected chi connectivity index (χ4v) is 4.06. The van der Waals surface area contributed by atoms with Crippen molar-refractivity contribution in [3.63, 3.8) is 0 Å². The Labute approximate surface area is 199 Å². The Balaban J connectivity index is 1.71. The van der Waals surface area contributed by atoms with Crippen molar-refractivity contribution < 1.29 is 24.0 Å². The van der Waals surface area contributed by atoms with E-state index in [2.05, 4.69) is 5.32 Å². The van der Waals surface area contributed by atoms with E-state index < -0.39 is 11.0 Å². The van der Waals surface area contributed by atoms with E-state index in [9.17, 15) is 19.7 Å². The third-order valence-electron chi connectivity index (χ3n) is 6.02. The summed E-state index contributed by atoms with van der Waals surface area (Å²) in [7, 11) is 1.32. The number of nitrogens with zero attached hydrogens (tertiary/aromatic N) is 2. The van der Waals surface area contributed by atoms with Gasteiger partial charge in [-0.3, -0.25) is 19.7 Å². The molecule has 1 atom stereocenters. The lowest BCUT2D eigenvalue weighted by Crippen LogP contribution is -2.51. The lowest BCUT2D eigenvalue weighted by molar-refractivity contribution is -0.385. The first-order valence-corrected chi connectivity index (χ1v) is 11.5. The van der Waals surface area contributed by atoms with Gasteiger partial charge in [-0.05, 0) is 31.4 Å². The minimum atomic E-state index is -0.690. The summed E-state index contributed by atoms with van der Waals surface area (Å²) in [6, 6.07) is 12.9. The summed E-state index contributed by atoms with van der Waals surface area (Å²) in [5.41, 5.74) is 0.699. The van der Waals surface area contributed by atoms with Gasteiger partial charge in [0, 0.05) is 24.7 Å². The van der Waals surface area contributed by atoms with E-state index in [4.69, 9.17) is 9.47 Å². The molecular formula is C25H31N3O6. The van der Waals surface area contributed by atoms with Crippen LogP contribution in [0.4, 0.5) is 5.69 Å². The predicted octanol–water partition coefficient (Wildman–Crippen LogP) is 3.85. The standard InChI is InChI=1S/C25H31N3O6/c1-18(25(30)26-20-11-7-4-8-12-20)27(16-19-9-5-3-6-10-19)24(29)17-34-21-13-14-22(28(31)32)23(15-21)33-2/h3,5-6,9-10,13-15,18,20H,4,7-8,11-12,16-17H2,1-2H3,(H,26,30)/t18-/m0/s1. The van der Waals surface area contributed by atoms with Crippen molar-refractivity contribution in [2.75, 3.05) is 13.7 Å². The average molecular weight is 470 g/mol. The quantitative estimate of drug-likeness (QED) is 0.418. The van der Waals surface area contributed by atoms with E-state index >= 15 is 0 Å². The molecule has 0 saturated heterocycles. The minimum Gasteiger partial charge on any atom is -0.490 e. The van der Waals surface area contributed by atoms with Crippen molar-refractivity contribution in [3.05, 3.63) is 64.2 Å². The zero-order valence-electron chi connectivity index (χ0n) is 19.6. The number of hydrogen-bond donors (Lipinski definition) is 1. The number of methoxy groups -OCH3 is 1. The van der Waals surface area contributed by atoms with Crippen LogP contribution in [0.1, 0.15) is 44.6 Å². The molecular weight excluding hydrogens is 438 g/mol. The molecule has 9 nitrogen and oxygen atoms in total. The highest BCUT2D eigenvalue weighted by atomic mass is 16.6. The Bertz CT molecular complexity index is 991. The molecule has 0 spiro atoms. The van der Waals surface area contributed by atoms with Crippen molar-refractivity contribution in [1.29, 1.82) is 0 Å².